The van der Waals surface area contributed by atoms with Crippen LogP contribution in [0.15, 0.2) is 0 Å². The largest absolute Gasteiger partial charge is 0.444 e. The van der Waals surface area contributed by atoms with Crippen LogP contribution in [0.4, 0.5) is 4.79 Å². The van der Waals surface area contributed by atoms with E-state index in [9.17, 15) is 9.59 Å². The summed E-state index contributed by atoms with van der Waals surface area (Å²) in [5.74, 6) is 0.112. The molecule has 2 fully saturated rings. The van der Waals surface area contributed by atoms with Crippen LogP contribution in [0.2, 0.25) is 0 Å². The molecule has 0 bridgehead atoms. The van der Waals surface area contributed by atoms with Gasteiger partial charge < -0.3 is 15.4 Å². The molecular weight excluding hydrogens is 304 g/mol. The molecule has 2 unspecified atom stereocenters. The third-order valence-corrected chi connectivity index (χ3v) is 5.08. The number of ether oxygens (including phenoxy) is 1. The Labute approximate surface area is 137 Å². The lowest BCUT2D eigenvalue weighted by atomic mass is 9.64. The van der Waals surface area contributed by atoms with E-state index in [0.29, 0.717) is 6.54 Å². The highest BCUT2D eigenvalue weighted by Crippen LogP contribution is 2.55. The van der Waals surface area contributed by atoms with Crippen LogP contribution in [0.25, 0.3) is 0 Å². The van der Waals surface area contributed by atoms with Crippen LogP contribution in [0, 0.1) is 11.3 Å². The van der Waals surface area contributed by atoms with Crippen molar-refractivity contribution in [3.05, 3.63) is 0 Å². The molecule has 1 spiro atoms. The minimum atomic E-state index is -0.499. The van der Waals surface area contributed by atoms with Gasteiger partial charge in [-0.15, -0.1) is 11.6 Å². The molecule has 0 aliphatic heterocycles. The number of carbonyl (C=O) groups is 2. The molecule has 6 heteroatoms. The average Bonchev–Trinajstić information content (AvgIpc) is 2.73. The molecule has 0 aromatic rings. The van der Waals surface area contributed by atoms with Crippen LogP contribution in [-0.4, -0.2) is 36.1 Å². The summed E-state index contributed by atoms with van der Waals surface area (Å²) >= 11 is 5.63. The maximum atomic E-state index is 11.8. The molecule has 0 saturated heterocycles. The maximum absolute atomic E-state index is 11.8. The highest BCUT2D eigenvalue weighted by Gasteiger charge is 2.52. The second-order valence-corrected chi connectivity index (χ2v) is 7.84. The number of halogens is 1. The average molecular weight is 331 g/mol. The summed E-state index contributed by atoms with van der Waals surface area (Å²) in [6.45, 7) is 6.06. The minimum absolute atomic E-state index is 0.0151. The Morgan fingerprint density at radius 1 is 1.27 bits per heavy atom. The molecular formula is C16H27ClN2O3. The molecule has 2 saturated carbocycles. The van der Waals surface area contributed by atoms with Gasteiger partial charge in [0.25, 0.3) is 0 Å². The fourth-order valence-corrected chi connectivity index (χ4v) is 3.80. The molecule has 2 aliphatic rings. The van der Waals surface area contributed by atoms with E-state index in [1.165, 1.54) is 6.42 Å². The van der Waals surface area contributed by atoms with Crippen molar-refractivity contribution in [2.75, 3.05) is 12.4 Å². The van der Waals surface area contributed by atoms with Crippen molar-refractivity contribution in [1.82, 2.24) is 10.6 Å². The zero-order chi connectivity index (χ0) is 16.4. The van der Waals surface area contributed by atoms with Gasteiger partial charge in [-0.05, 0) is 57.8 Å². The smallest absolute Gasteiger partial charge is 0.407 e. The van der Waals surface area contributed by atoms with Gasteiger partial charge in [-0.2, -0.15) is 0 Å². The fourth-order valence-electron chi connectivity index (χ4n) is 3.72. The van der Waals surface area contributed by atoms with Crippen LogP contribution in [0.1, 0.15) is 52.9 Å². The topological polar surface area (TPSA) is 67.4 Å². The number of amides is 2. The number of nitrogens with one attached hydrogen (secondary N) is 2. The first kappa shape index (κ1) is 17.4. The van der Waals surface area contributed by atoms with E-state index >= 15 is 0 Å². The third kappa shape index (κ3) is 4.06. The normalized spacial score (nSPS) is 26.4. The van der Waals surface area contributed by atoms with E-state index in [1.807, 2.05) is 20.8 Å². The van der Waals surface area contributed by atoms with Gasteiger partial charge in [0.1, 0.15) is 11.5 Å². The van der Waals surface area contributed by atoms with Gasteiger partial charge in [0.2, 0.25) is 5.91 Å². The first-order valence-electron chi connectivity index (χ1n) is 8.08. The SMILES string of the molecule is CC(C)(C)OC(=O)NCC1CCC2(CCC2)C1NC(=O)CCl. The van der Waals surface area contributed by atoms with Crippen molar-refractivity contribution in [3.63, 3.8) is 0 Å². The lowest BCUT2D eigenvalue weighted by Crippen LogP contribution is -2.53. The van der Waals surface area contributed by atoms with Crippen LogP contribution in [0.5, 0.6) is 0 Å². The van der Waals surface area contributed by atoms with Gasteiger partial charge in [0.05, 0.1) is 0 Å². The number of carbonyl (C=O) groups excluding carboxylic acids is 2. The summed E-state index contributed by atoms with van der Waals surface area (Å²) in [5.41, 5.74) is -0.275. The summed E-state index contributed by atoms with van der Waals surface area (Å²) in [7, 11) is 0. The molecule has 2 amide bonds. The second-order valence-electron chi connectivity index (χ2n) is 7.58. The van der Waals surface area contributed by atoms with Crippen molar-refractivity contribution in [2.24, 2.45) is 11.3 Å². The van der Waals surface area contributed by atoms with Crippen molar-refractivity contribution >= 4 is 23.6 Å². The quantitative estimate of drug-likeness (QED) is 0.779. The molecule has 2 atom stereocenters. The van der Waals surface area contributed by atoms with Gasteiger partial charge in [-0.1, -0.05) is 6.42 Å². The van der Waals surface area contributed by atoms with E-state index in [-0.39, 0.29) is 29.2 Å². The molecule has 22 heavy (non-hydrogen) atoms. The Morgan fingerprint density at radius 3 is 2.45 bits per heavy atom. The summed E-state index contributed by atoms with van der Waals surface area (Å²) in [6.07, 6.45) is 5.26. The van der Waals surface area contributed by atoms with Crippen LogP contribution in [0.3, 0.4) is 0 Å². The fraction of sp³-hybridized carbons (Fsp3) is 0.875. The van der Waals surface area contributed by atoms with Gasteiger partial charge in [0.15, 0.2) is 0 Å². The Balaban J connectivity index is 1.91. The van der Waals surface area contributed by atoms with E-state index in [2.05, 4.69) is 10.6 Å². The molecule has 0 heterocycles. The molecule has 2 aliphatic carbocycles. The second kappa shape index (κ2) is 6.65. The predicted molar refractivity (Wildman–Crippen MR) is 85.9 cm³/mol. The van der Waals surface area contributed by atoms with E-state index < -0.39 is 11.7 Å². The van der Waals surface area contributed by atoms with Crippen molar-refractivity contribution < 1.29 is 14.3 Å². The first-order valence-corrected chi connectivity index (χ1v) is 8.61. The highest BCUT2D eigenvalue weighted by atomic mass is 35.5. The zero-order valence-corrected chi connectivity index (χ0v) is 14.5. The summed E-state index contributed by atoms with van der Waals surface area (Å²) < 4.78 is 5.27. The molecule has 2 rings (SSSR count). The van der Waals surface area contributed by atoms with E-state index in [1.54, 1.807) is 0 Å². The van der Waals surface area contributed by atoms with Crippen LogP contribution < -0.4 is 10.6 Å². The van der Waals surface area contributed by atoms with Crippen molar-refractivity contribution in [1.29, 1.82) is 0 Å². The summed E-state index contributed by atoms with van der Waals surface area (Å²) in [5, 5.41) is 5.92. The van der Waals surface area contributed by atoms with Crippen molar-refractivity contribution in [3.8, 4) is 0 Å². The minimum Gasteiger partial charge on any atom is -0.444 e. The molecule has 0 aromatic carbocycles. The van der Waals surface area contributed by atoms with Gasteiger partial charge >= 0.3 is 6.09 Å². The van der Waals surface area contributed by atoms with Gasteiger partial charge in [-0.3, -0.25) is 4.79 Å². The number of alkyl carbamates (subject to hydrolysis) is 1. The standard InChI is InChI=1S/C16H27ClN2O3/c1-15(2,3)22-14(21)18-10-11-5-8-16(6-4-7-16)13(11)19-12(20)9-17/h11,13H,4-10H2,1-3H3,(H,18,21)(H,19,20). The Morgan fingerprint density at radius 2 is 1.95 bits per heavy atom. The molecule has 5 nitrogen and oxygen atoms in total. The Bertz CT molecular complexity index is 430. The molecule has 0 aromatic heterocycles. The van der Waals surface area contributed by atoms with Gasteiger partial charge in [0, 0.05) is 12.6 Å². The number of rotatable bonds is 4. The maximum Gasteiger partial charge on any atom is 0.407 e. The van der Waals surface area contributed by atoms with Crippen molar-refractivity contribution in [2.45, 2.75) is 64.5 Å². The number of hydrogen-bond acceptors (Lipinski definition) is 3. The predicted octanol–water partition coefficient (Wildman–Crippen LogP) is 2.82. The number of hydrogen-bond donors (Lipinski definition) is 2. The number of alkyl halides is 1. The lowest BCUT2D eigenvalue weighted by molar-refractivity contribution is -0.121. The first-order chi connectivity index (χ1) is 10.3. The Kier molecular flexibility index (Phi) is 5.25. The third-order valence-electron chi connectivity index (χ3n) is 4.84. The summed E-state index contributed by atoms with van der Waals surface area (Å²) in [6, 6.07) is 0.113. The van der Waals surface area contributed by atoms with Gasteiger partial charge in [-0.25, -0.2) is 4.79 Å². The molecule has 0 radical (unpaired) electrons. The summed E-state index contributed by atoms with van der Waals surface area (Å²) in [4.78, 5) is 23.5. The highest BCUT2D eigenvalue weighted by molar-refractivity contribution is 6.27. The molecule has 2 N–H and O–H groups in total. The van der Waals surface area contributed by atoms with E-state index in [0.717, 1.165) is 25.7 Å². The Hall–Kier alpha value is -0.970. The lowest BCUT2D eigenvalue weighted by Gasteiger charge is -2.45. The zero-order valence-electron chi connectivity index (χ0n) is 13.7. The molecule has 126 valence electrons. The van der Waals surface area contributed by atoms with Crippen LogP contribution in [-0.2, 0) is 9.53 Å². The van der Waals surface area contributed by atoms with Crippen LogP contribution >= 0.6 is 11.6 Å². The monoisotopic (exact) mass is 330 g/mol. The van der Waals surface area contributed by atoms with E-state index in [4.69, 9.17) is 16.3 Å².